The van der Waals surface area contributed by atoms with Crippen LogP contribution in [0.1, 0.15) is 10.5 Å². The maximum absolute atomic E-state index is 13.1. The van der Waals surface area contributed by atoms with Crippen molar-refractivity contribution in [3.63, 3.8) is 0 Å². The Morgan fingerprint density at radius 3 is 2.68 bits per heavy atom. The number of rotatable bonds is 3. The zero-order chi connectivity index (χ0) is 17.2. The molecule has 1 N–H and O–H groups in total. The minimum Gasteiger partial charge on any atom is -0.378 e. The summed E-state index contributed by atoms with van der Waals surface area (Å²) in [5.74, 6) is -0.372. The highest BCUT2D eigenvalue weighted by molar-refractivity contribution is 5.94. The minimum absolute atomic E-state index is 0.0682. The second-order valence-electron chi connectivity index (χ2n) is 5.79. The summed E-state index contributed by atoms with van der Waals surface area (Å²) in [5.41, 5.74) is 3.36. The second-order valence-corrected chi connectivity index (χ2v) is 5.79. The molecular formula is C18H16FN3O3. The number of hydrogen-bond donors (Lipinski definition) is 1. The molecular weight excluding hydrogens is 325 g/mol. The molecule has 0 saturated carbocycles. The summed E-state index contributed by atoms with van der Waals surface area (Å²) >= 11 is 0. The Morgan fingerprint density at radius 1 is 1.16 bits per heavy atom. The Hall–Kier alpha value is -2.93. The molecule has 1 aliphatic heterocycles. The third-order valence-corrected chi connectivity index (χ3v) is 4.21. The fourth-order valence-electron chi connectivity index (χ4n) is 2.87. The number of H-pyrrole nitrogens is 1. The number of halogens is 1. The van der Waals surface area contributed by atoms with Gasteiger partial charge in [0.2, 0.25) is 0 Å². The van der Waals surface area contributed by atoms with Crippen molar-refractivity contribution in [2.24, 2.45) is 0 Å². The summed E-state index contributed by atoms with van der Waals surface area (Å²) in [6.07, 6.45) is 3.23. The first-order valence-electron chi connectivity index (χ1n) is 7.98. The Labute approximate surface area is 143 Å². The number of benzene rings is 1. The molecule has 1 fully saturated rings. The number of hydrogen-bond acceptors (Lipinski definition) is 4. The zero-order valence-electron chi connectivity index (χ0n) is 13.4. The van der Waals surface area contributed by atoms with Crippen molar-refractivity contribution < 1.29 is 18.4 Å². The van der Waals surface area contributed by atoms with Gasteiger partial charge < -0.3 is 19.1 Å². The molecule has 3 heterocycles. The van der Waals surface area contributed by atoms with Gasteiger partial charge in [0, 0.05) is 30.4 Å². The molecule has 128 valence electrons. The summed E-state index contributed by atoms with van der Waals surface area (Å²) < 4.78 is 23.5. The van der Waals surface area contributed by atoms with Crippen molar-refractivity contribution in [1.82, 2.24) is 15.0 Å². The Balaban J connectivity index is 1.61. The Morgan fingerprint density at radius 2 is 1.92 bits per heavy atom. The quantitative estimate of drug-likeness (QED) is 0.795. The van der Waals surface area contributed by atoms with Crippen LogP contribution in [0, 0.1) is 5.82 Å². The molecule has 25 heavy (non-hydrogen) atoms. The fraction of sp³-hybridized carbons (Fsp3) is 0.222. The lowest BCUT2D eigenvalue weighted by molar-refractivity contribution is 0.0299. The van der Waals surface area contributed by atoms with Crippen LogP contribution in [0.15, 0.2) is 47.3 Å². The van der Waals surface area contributed by atoms with Crippen LogP contribution in [0.4, 0.5) is 4.39 Å². The summed E-state index contributed by atoms with van der Waals surface area (Å²) in [6.45, 7) is 2.27. The number of ether oxygens (including phenoxy) is 1. The normalized spacial score (nSPS) is 14.7. The van der Waals surface area contributed by atoms with Crippen LogP contribution < -0.4 is 0 Å². The molecule has 7 heteroatoms. The lowest BCUT2D eigenvalue weighted by Gasteiger charge is -2.26. The van der Waals surface area contributed by atoms with Crippen LogP contribution in [0.3, 0.4) is 0 Å². The van der Waals surface area contributed by atoms with Crippen molar-refractivity contribution in [1.29, 1.82) is 0 Å². The number of aromatic nitrogens is 2. The second kappa shape index (κ2) is 6.52. The largest absolute Gasteiger partial charge is 0.378 e. The van der Waals surface area contributed by atoms with Gasteiger partial charge in [-0.2, -0.15) is 0 Å². The predicted octanol–water partition coefficient (Wildman–Crippen LogP) is 2.95. The van der Waals surface area contributed by atoms with E-state index in [1.54, 1.807) is 29.3 Å². The number of nitrogens with one attached hydrogen (secondary N) is 1. The van der Waals surface area contributed by atoms with E-state index in [0.717, 1.165) is 16.7 Å². The van der Waals surface area contributed by atoms with Gasteiger partial charge in [0.25, 0.3) is 5.91 Å². The van der Waals surface area contributed by atoms with Crippen molar-refractivity contribution in [2.45, 2.75) is 0 Å². The molecule has 1 saturated heterocycles. The third kappa shape index (κ3) is 3.06. The van der Waals surface area contributed by atoms with Gasteiger partial charge in [0.15, 0.2) is 0 Å². The lowest BCUT2D eigenvalue weighted by atomic mass is 10.0. The number of carbonyl (C=O) groups is 1. The van der Waals surface area contributed by atoms with E-state index in [1.165, 1.54) is 18.4 Å². The molecule has 0 spiro atoms. The zero-order valence-corrected chi connectivity index (χ0v) is 13.4. The monoisotopic (exact) mass is 341 g/mol. The average molecular weight is 341 g/mol. The number of amides is 1. The predicted molar refractivity (Wildman–Crippen MR) is 88.4 cm³/mol. The molecule has 0 aliphatic carbocycles. The van der Waals surface area contributed by atoms with Crippen LogP contribution in [-0.4, -0.2) is 47.3 Å². The SMILES string of the molecule is O=C(c1cc(-c2nocc2-c2ccc(F)cc2)c[nH]1)N1CCOCC1. The molecule has 4 rings (SSSR count). The molecule has 1 amide bonds. The van der Waals surface area contributed by atoms with Gasteiger partial charge in [-0.15, -0.1) is 0 Å². The molecule has 0 atom stereocenters. The first kappa shape index (κ1) is 15.6. The summed E-state index contributed by atoms with van der Waals surface area (Å²) in [6, 6.07) is 7.85. The van der Waals surface area contributed by atoms with Crippen LogP contribution in [0.5, 0.6) is 0 Å². The summed E-state index contributed by atoms with van der Waals surface area (Å²) in [5, 5.41) is 4.04. The molecule has 1 aliphatic rings. The van der Waals surface area contributed by atoms with E-state index in [0.29, 0.717) is 37.7 Å². The molecule has 0 radical (unpaired) electrons. The fourth-order valence-corrected chi connectivity index (χ4v) is 2.87. The Bertz CT molecular complexity index is 879. The molecule has 3 aromatic rings. The van der Waals surface area contributed by atoms with E-state index >= 15 is 0 Å². The lowest BCUT2D eigenvalue weighted by Crippen LogP contribution is -2.40. The minimum atomic E-state index is -0.304. The highest BCUT2D eigenvalue weighted by Gasteiger charge is 2.21. The standard InChI is InChI=1S/C18H16FN3O3/c19-14-3-1-12(2-4-14)15-11-25-21-17(15)13-9-16(20-10-13)18(23)22-5-7-24-8-6-22/h1-4,9-11,20H,5-8H2. The van der Waals surface area contributed by atoms with Crippen LogP contribution in [0.2, 0.25) is 0 Å². The van der Waals surface area contributed by atoms with Gasteiger partial charge in [-0.3, -0.25) is 4.79 Å². The van der Waals surface area contributed by atoms with Gasteiger partial charge in [0.1, 0.15) is 23.5 Å². The molecule has 0 unspecified atom stereocenters. The number of morpholine rings is 1. The maximum Gasteiger partial charge on any atom is 0.270 e. The van der Waals surface area contributed by atoms with Crippen LogP contribution in [0.25, 0.3) is 22.4 Å². The van der Waals surface area contributed by atoms with Crippen molar-refractivity contribution in [2.75, 3.05) is 26.3 Å². The third-order valence-electron chi connectivity index (χ3n) is 4.21. The number of aromatic amines is 1. The van der Waals surface area contributed by atoms with E-state index < -0.39 is 0 Å². The van der Waals surface area contributed by atoms with Crippen LogP contribution >= 0.6 is 0 Å². The van der Waals surface area contributed by atoms with Gasteiger partial charge in [-0.05, 0) is 23.8 Å². The smallest absolute Gasteiger partial charge is 0.270 e. The molecule has 2 aromatic heterocycles. The van der Waals surface area contributed by atoms with E-state index in [-0.39, 0.29) is 11.7 Å². The molecule has 1 aromatic carbocycles. The highest BCUT2D eigenvalue weighted by atomic mass is 19.1. The first-order chi connectivity index (χ1) is 12.2. The van der Waals surface area contributed by atoms with Crippen LogP contribution in [-0.2, 0) is 4.74 Å². The highest BCUT2D eigenvalue weighted by Crippen LogP contribution is 2.31. The first-order valence-corrected chi connectivity index (χ1v) is 7.98. The van der Waals surface area contributed by atoms with E-state index in [4.69, 9.17) is 9.26 Å². The summed E-state index contributed by atoms with van der Waals surface area (Å²) in [7, 11) is 0. The van der Waals surface area contributed by atoms with Gasteiger partial charge in [-0.1, -0.05) is 17.3 Å². The van der Waals surface area contributed by atoms with Crippen molar-refractivity contribution in [3.8, 4) is 22.4 Å². The summed E-state index contributed by atoms with van der Waals surface area (Å²) in [4.78, 5) is 17.3. The van der Waals surface area contributed by atoms with Gasteiger partial charge >= 0.3 is 0 Å². The molecule has 0 bridgehead atoms. The van der Waals surface area contributed by atoms with Gasteiger partial charge in [-0.25, -0.2) is 4.39 Å². The number of carbonyl (C=O) groups excluding carboxylic acids is 1. The topological polar surface area (TPSA) is 71.4 Å². The van der Waals surface area contributed by atoms with Crippen molar-refractivity contribution in [3.05, 3.63) is 54.3 Å². The Kier molecular flexibility index (Phi) is 4.07. The van der Waals surface area contributed by atoms with E-state index in [9.17, 15) is 9.18 Å². The van der Waals surface area contributed by atoms with E-state index in [1.807, 2.05) is 0 Å². The molecule has 6 nitrogen and oxygen atoms in total. The van der Waals surface area contributed by atoms with Gasteiger partial charge in [0.05, 0.1) is 13.2 Å². The maximum atomic E-state index is 13.1. The van der Waals surface area contributed by atoms with E-state index in [2.05, 4.69) is 10.1 Å². The average Bonchev–Trinajstić information content (AvgIpc) is 3.31. The van der Waals surface area contributed by atoms with Crippen molar-refractivity contribution >= 4 is 5.91 Å². The number of nitrogens with zero attached hydrogens (tertiary/aromatic N) is 2.